The predicted octanol–water partition coefficient (Wildman–Crippen LogP) is 2.18. The van der Waals surface area contributed by atoms with Crippen LogP contribution in [0.1, 0.15) is 94.9 Å². The summed E-state index contributed by atoms with van der Waals surface area (Å²) < 4.78 is 112. The number of hydrogen-bond donors (Lipinski definition) is 0. The Morgan fingerprint density at radius 3 is 1.25 bits per heavy atom. The van der Waals surface area contributed by atoms with E-state index in [4.69, 9.17) is 0 Å². The first-order valence-electron chi connectivity index (χ1n) is 22.0. The van der Waals surface area contributed by atoms with Crippen molar-refractivity contribution in [3.63, 3.8) is 0 Å². The Morgan fingerprint density at radius 2 is 0.850 bits per heavy atom. The maximum atomic E-state index is 11.5. The molecule has 0 aromatic heterocycles. The first kappa shape index (κ1) is 55.7. The summed E-state index contributed by atoms with van der Waals surface area (Å²) in [6, 6.07) is 2.77. The molecule has 0 spiro atoms. The van der Waals surface area contributed by atoms with Gasteiger partial charge in [-0.15, -0.1) is 0 Å². The van der Waals surface area contributed by atoms with Gasteiger partial charge in [-0.25, -0.2) is 42.1 Å². The number of sulfone groups is 5. The standard InChI is InChI=1S/C9H17NO2S.C9H19NO2S.C8H17NO2S.2C7H15NO2S/c1-7(2)10-4-8-3-9(10)6-13(11,12)5-8;1-8(2)10-6-4-9(5-7-10)13(3,11)12;1-8(2)9-4-3-6-12(10,11)7-5-9;1-6(2)8-4-7(5-8)11(3,9)10;1-7(2)8-3-5-11(9,10)6-4-8/h7-9H,3-6H2,1-2H3;8-9H,4-7H2,1-3H3;8H,3-7H2,1-2H3;6-7H,4-5H2,1-3H3;7H,3-6H2,1-2H3. The van der Waals surface area contributed by atoms with Gasteiger partial charge < -0.3 is 4.90 Å². The van der Waals surface area contributed by atoms with Crippen LogP contribution < -0.4 is 0 Å². The summed E-state index contributed by atoms with van der Waals surface area (Å²) in [4.78, 5) is 11.3. The summed E-state index contributed by atoms with van der Waals surface area (Å²) in [5.74, 6) is 2.61. The molecule has 0 N–H and O–H groups in total. The Hall–Kier alpha value is -0.450. The van der Waals surface area contributed by atoms with Gasteiger partial charge in [0.05, 0.1) is 45.0 Å². The molecule has 6 heterocycles. The van der Waals surface area contributed by atoms with Crippen LogP contribution in [0.25, 0.3) is 0 Å². The third-order valence-electron chi connectivity index (χ3n) is 12.6. The molecule has 0 aliphatic carbocycles. The number of fused-ring (bicyclic) bond motifs is 2. The molecule has 0 aromatic rings. The molecule has 2 unspecified atom stereocenters. The maximum absolute atomic E-state index is 11.5. The third-order valence-corrected chi connectivity index (χ3v) is 21.0. The van der Waals surface area contributed by atoms with Crippen molar-refractivity contribution in [1.82, 2.24) is 24.5 Å². The highest BCUT2D eigenvalue weighted by atomic mass is 32.2. The molecule has 0 saturated carbocycles. The van der Waals surface area contributed by atoms with Gasteiger partial charge in [0.25, 0.3) is 0 Å². The van der Waals surface area contributed by atoms with E-state index >= 15 is 0 Å². The molecule has 0 amide bonds. The molecule has 6 saturated heterocycles. The maximum Gasteiger partial charge on any atom is 0.152 e. The number of likely N-dealkylation sites (tertiary alicyclic amines) is 3. The largest absolute Gasteiger partial charge is 0.301 e. The van der Waals surface area contributed by atoms with Crippen LogP contribution in [0, 0.1) is 5.92 Å². The highest BCUT2D eigenvalue weighted by molar-refractivity contribution is 7.92. The van der Waals surface area contributed by atoms with Crippen molar-refractivity contribution in [1.29, 1.82) is 0 Å². The van der Waals surface area contributed by atoms with E-state index in [-0.39, 0.29) is 10.5 Å². The zero-order valence-corrected chi connectivity index (χ0v) is 43.1. The van der Waals surface area contributed by atoms with Crippen molar-refractivity contribution in [2.24, 2.45) is 5.92 Å². The van der Waals surface area contributed by atoms with Gasteiger partial charge in [0, 0.05) is 88.0 Å². The SMILES string of the molecule is CC(C)N1CC(S(C)(=O)=O)C1.CC(C)N1CC2CC1CS(=O)(=O)C2.CC(C)N1CCC(S(C)(=O)=O)CC1.CC(C)N1CCCS(=O)(=O)CC1.CC(C)N1CCS(=O)(=O)CC1. The van der Waals surface area contributed by atoms with Crippen LogP contribution in [0.3, 0.4) is 0 Å². The van der Waals surface area contributed by atoms with E-state index in [9.17, 15) is 42.1 Å². The van der Waals surface area contributed by atoms with Gasteiger partial charge in [-0.2, -0.15) is 0 Å². The molecule has 2 atom stereocenters. The quantitative estimate of drug-likeness (QED) is 0.361. The van der Waals surface area contributed by atoms with Gasteiger partial charge in [0.2, 0.25) is 0 Å². The highest BCUT2D eigenvalue weighted by Gasteiger charge is 2.42. The summed E-state index contributed by atoms with van der Waals surface area (Å²) >= 11 is 0. The summed E-state index contributed by atoms with van der Waals surface area (Å²) in [5.41, 5.74) is 0. The topological polar surface area (TPSA) is 187 Å². The lowest BCUT2D eigenvalue weighted by Gasteiger charge is -2.40. The molecular formula is C40H83N5O10S5. The zero-order valence-electron chi connectivity index (χ0n) is 39.0. The van der Waals surface area contributed by atoms with E-state index in [1.54, 1.807) is 0 Å². The number of rotatable bonds is 7. The van der Waals surface area contributed by atoms with E-state index < -0.39 is 49.2 Å². The molecule has 6 rings (SSSR count). The van der Waals surface area contributed by atoms with E-state index in [1.165, 1.54) is 12.5 Å². The minimum atomic E-state index is -2.80. The van der Waals surface area contributed by atoms with Gasteiger partial charge in [-0.1, -0.05) is 0 Å². The minimum absolute atomic E-state index is 0.0949. The second-order valence-corrected chi connectivity index (χ2v) is 30.6. The van der Waals surface area contributed by atoms with Crippen molar-refractivity contribution < 1.29 is 42.1 Å². The van der Waals surface area contributed by atoms with Crippen LogP contribution in [-0.2, 0) is 49.2 Å². The second kappa shape index (κ2) is 23.7. The van der Waals surface area contributed by atoms with Crippen molar-refractivity contribution in [2.75, 3.05) is 106 Å². The molecule has 0 aromatic carbocycles. The molecule has 60 heavy (non-hydrogen) atoms. The van der Waals surface area contributed by atoms with Crippen molar-refractivity contribution in [3.8, 4) is 0 Å². The van der Waals surface area contributed by atoms with Gasteiger partial charge in [0.1, 0.15) is 9.84 Å². The molecular weight excluding hydrogens is 871 g/mol. The van der Waals surface area contributed by atoms with Crippen LogP contribution in [0.15, 0.2) is 0 Å². The molecule has 6 fully saturated rings. The van der Waals surface area contributed by atoms with Crippen molar-refractivity contribution >= 4 is 49.2 Å². The minimum Gasteiger partial charge on any atom is -0.301 e. The van der Waals surface area contributed by atoms with E-state index in [1.807, 2.05) is 0 Å². The van der Waals surface area contributed by atoms with E-state index in [0.717, 1.165) is 65.0 Å². The van der Waals surface area contributed by atoms with Crippen molar-refractivity contribution in [3.05, 3.63) is 0 Å². The Morgan fingerprint density at radius 1 is 0.450 bits per heavy atom. The second-order valence-electron chi connectivity index (χ2n) is 19.2. The molecule has 0 radical (unpaired) electrons. The summed E-state index contributed by atoms with van der Waals surface area (Å²) in [6.45, 7) is 28.5. The zero-order chi connectivity index (χ0) is 46.0. The summed E-state index contributed by atoms with van der Waals surface area (Å²) in [5, 5.41) is -0.201. The van der Waals surface area contributed by atoms with Gasteiger partial charge in [-0.3, -0.25) is 19.6 Å². The molecule has 15 nitrogen and oxygen atoms in total. The van der Waals surface area contributed by atoms with Gasteiger partial charge in [-0.05, 0) is 120 Å². The first-order chi connectivity index (χ1) is 27.3. The van der Waals surface area contributed by atoms with Crippen LogP contribution in [-0.4, -0.2) is 219 Å². The number of nitrogens with zero attached hydrogens (tertiary/aromatic N) is 5. The molecule has 6 aliphatic rings. The fraction of sp³-hybridized carbons (Fsp3) is 1.00. The Kier molecular flexibility index (Phi) is 21.9. The fourth-order valence-electron chi connectivity index (χ4n) is 8.38. The first-order valence-corrected chi connectivity index (χ1v) is 31.4. The summed E-state index contributed by atoms with van der Waals surface area (Å²) in [7, 11) is -13.7. The van der Waals surface area contributed by atoms with Gasteiger partial charge in [0.15, 0.2) is 39.3 Å². The lowest BCUT2D eigenvalue weighted by Crippen LogP contribution is -2.56. The average molecular weight is 954 g/mol. The fourth-order valence-corrected chi connectivity index (χ4v) is 14.9. The average Bonchev–Trinajstić information content (AvgIpc) is 3.26. The van der Waals surface area contributed by atoms with Crippen LogP contribution in [0.5, 0.6) is 0 Å². The number of piperidine rings is 1. The predicted molar refractivity (Wildman–Crippen MR) is 248 cm³/mol. The smallest absolute Gasteiger partial charge is 0.152 e. The molecule has 358 valence electrons. The Labute approximate surface area is 367 Å². The van der Waals surface area contributed by atoms with Gasteiger partial charge >= 0.3 is 0 Å². The van der Waals surface area contributed by atoms with E-state index in [0.29, 0.717) is 96.3 Å². The van der Waals surface area contributed by atoms with Crippen molar-refractivity contribution in [2.45, 2.75) is 142 Å². The summed E-state index contributed by atoms with van der Waals surface area (Å²) in [6.07, 6.45) is 6.16. The normalized spacial score (nSPS) is 27.1. The number of hydrogen-bond acceptors (Lipinski definition) is 15. The van der Waals surface area contributed by atoms with Crippen LogP contribution >= 0.6 is 0 Å². The van der Waals surface area contributed by atoms with Crippen LogP contribution in [0.2, 0.25) is 0 Å². The Bertz CT molecular complexity index is 1830. The van der Waals surface area contributed by atoms with E-state index in [2.05, 4.69) is 93.7 Å². The third kappa shape index (κ3) is 19.7. The lowest BCUT2D eigenvalue weighted by atomic mass is 10.1. The van der Waals surface area contributed by atoms with Crippen LogP contribution in [0.4, 0.5) is 0 Å². The molecule has 6 aliphatic heterocycles. The highest BCUT2D eigenvalue weighted by Crippen LogP contribution is 2.32. The lowest BCUT2D eigenvalue weighted by molar-refractivity contribution is 0.142. The molecule has 20 heteroatoms. The Balaban J connectivity index is 0.000000259. The molecule has 2 bridgehead atoms. The monoisotopic (exact) mass is 953 g/mol.